The van der Waals surface area contributed by atoms with Crippen LogP contribution in [-0.2, 0) is 9.59 Å². The van der Waals surface area contributed by atoms with Crippen LogP contribution in [-0.4, -0.2) is 41.4 Å². The van der Waals surface area contributed by atoms with Crippen LogP contribution >= 0.6 is 0 Å². The van der Waals surface area contributed by atoms with E-state index in [0.717, 1.165) is 4.90 Å². The van der Waals surface area contributed by atoms with E-state index in [2.05, 4.69) is 0 Å². The monoisotopic (exact) mass is 263 g/mol. The number of halogens is 2. The van der Waals surface area contributed by atoms with Crippen molar-refractivity contribution in [3.8, 4) is 0 Å². The Bertz CT molecular complexity index is 310. The van der Waals surface area contributed by atoms with E-state index in [1.807, 2.05) is 0 Å². The van der Waals surface area contributed by atoms with E-state index in [1.165, 1.54) is 0 Å². The molecule has 2 atom stereocenters. The highest BCUT2D eigenvalue weighted by Crippen LogP contribution is 2.30. The largest absolute Gasteiger partial charge is 0.481 e. The second-order valence-corrected chi connectivity index (χ2v) is 4.67. The molecule has 0 radical (unpaired) electrons. The standard InChI is InChI=1S/C12H19F2NO3/c1-2-15(7-10(13)14)11(16)8-4-3-5-9(6-8)12(17)18/h8-10H,2-7H2,1H3,(H,17,18). The molecule has 0 aromatic heterocycles. The molecule has 1 fully saturated rings. The third-order valence-corrected chi connectivity index (χ3v) is 3.42. The van der Waals surface area contributed by atoms with Gasteiger partial charge in [-0.05, 0) is 26.2 Å². The molecule has 1 amide bonds. The first kappa shape index (κ1) is 14.9. The van der Waals surface area contributed by atoms with Gasteiger partial charge in [0.2, 0.25) is 5.91 Å². The lowest BCUT2D eigenvalue weighted by Gasteiger charge is -2.30. The molecule has 1 aliphatic rings. The third-order valence-electron chi connectivity index (χ3n) is 3.42. The first-order chi connectivity index (χ1) is 8.45. The summed E-state index contributed by atoms with van der Waals surface area (Å²) < 4.78 is 24.6. The summed E-state index contributed by atoms with van der Waals surface area (Å²) in [4.78, 5) is 24.1. The molecule has 1 aliphatic carbocycles. The van der Waals surface area contributed by atoms with Crippen molar-refractivity contribution in [2.45, 2.75) is 39.0 Å². The van der Waals surface area contributed by atoms with Gasteiger partial charge in [-0.15, -0.1) is 0 Å². The summed E-state index contributed by atoms with van der Waals surface area (Å²) in [7, 11) is 0. The normalized spacial score (nSPS) is 24.0. The Balaban J connectivity index is 2.61. The molecule has 18 heavy (non-hydrogen) atoms. The predicted octanol–water partition coefficient (Wildman–Crippen LogP) is 1.99. The van der Waals surface area contributed by atoms with Crippen LogP contribution in [0.3, 0.4) is 0 Å². The van der Waals surface area contributed by atoms with E-state index >= 15 is 0 Å². The van der Waals surface area contributed by atoms with Crippen LogP contribution in [0.2, 0.25) is 0 Å². The van der Waals surface area contributed by atoms with Gasteiger partial charge < -0.3 is 10.0 Å². The highest BCUT2D eigenvalue weighted by atomic mass is 19.3. The Morgan fingerprint density at radius 2 is 1.94 bits per heavy atom. The van der Waals surface area contributed by atoms with Gasteiger partial charge in [0.1, 0.15) is 0 Å². The van der Waals surface area contributed by atoms with Crippen molar-refractivity contribution in [3.63, 3.8) is 0 Å². The molecule has 0 saturated heterocycles. The Morgan fingerprint density at radius 3 is 2.44 bits per heavy atom. The molecule has 4 nitrogen and oxygen atoms in total. The number of carboxylic acid groups (broad SMARTS) is 1. The number of alkyl halides is 2. The number of nitrogens with zero attached hydrogens (tertiary/aromatic N) is 1. The zero-order valence-corrected chi connectivity index (χ0v) is 10.4. The highest BCUT2D eigenvalue weighted by molar-refractivity contribution is 5.80. The Kier molecular flexibility index (Phi) is 5.50. The summed E-state index contributed by atoms with van der Waals surface area (Å²) in [5, 5.41) is 8.93. The lowest BCUT2D eigenvalue weighted by molar-refractivity contribution is -0.146. The van der Waals surface area contributed by atoms with Crippen molar-refractivity contribution in [2.75, 3.05) is 13.1 Å². The lowest BCUT2D eigenvalue weighted by Crippen LogP contribution is -2.41. The molecule has 1 saturated carbocycles. The van der Waals surface area contributed by atoms with Crippen LogP contribution in [0, 0.1) is 11.8 Å². The number of hydrogen-bond donors (Lipinski definition) is 1. The number of carbonyl (C=O) groups excluding carboxylic acids is 1. The van der Waals surface area contributed by atoms with Gasteiger partial charge in [-0.25, -0.2) is 8.78 Å². The molecule has 1 rings (SSSR count). The second-order valence-electron chi connectivity index (χ2n) is 4.67. The van der Waals surface area contributed by atoms with E-state index in [0.29, 0.717) is 19.3 Å². The molecular formula is C12H19F2NO3. The number of carbonyl (C=O) groups is 2. The summed E-state index contributed by atoms with van der Waals surface area (Å²) in [5.74, 6) is -2.16. The van der Waals surface area contributed by atoms with E-state index < -0.39 is 30.8 Å². The van der Waals surface area contributed by atoms with E-state index in [9.17, 15) is 18.4 Å². The molecule has 0 heterocycles. The first-order valence-corrected chi connectivity index (χ1v) is 6.25. The quantitative estimate of drug-likeness (QED) is 0.825. The summed E-state index contributed by atoms with van der Waals surface area (Å²) in [5.41, 5.74) is 0. The SMILES string of the molecule is CCN(CC(F)F)C(=O)C1CCCC(C(=O)O)C1. The van der Waals surface area contributed by atoms with Crippen LogP contribution in [0.5, 0.6) is 0 Å². The summed E-state index contributed by atoms with van der Waals surface area (Å²) in [6.07, 6.45) is -0.441. The Morgan fingerprint density at radius 1 is 1.33 bits per heavy atom. The van der Waals surface area contributed by atoms with E-state index in [-0.39, 0.29) is 18.9 Å². The van der Waals surface area contributed by atoms with Gasteiger partial charge in [-0.3, -0.25) is 9.59 Å². The average molecular weight is 263 g/mol. The van der Waals surface area contributed by atoms with E-state index in [4.69, 9.17) is 5.11 Å². The van der Waals surface area contributed by atoms with Crippen molar-refractivity contribution in [1.29, 1.82) is 0 Å². The van der Waals surface area contributed by atoms with Crippen LogP contribution in [0.25, 0.3) is 0 Å². The smallest absolute Gasteiger partial charge is 0.306 e. The molecule has 104 valence electrons. The Hall–Kier alpha value is -1.20. The number of aliphatic carboxylic acids is 1. The summed E-state index contributed by atoms with van der Waals surface area (Å²) in [6.45, 7) is 1.32. The van der Waals surface area contributed by atoms with Crippen molar-refractivity contribution in [2.24, 2.45) is 11.8 Å². The zero-order valence-electron chi connectivity index (χ0n) is 10.4. The van der Waals surface area contributed by atoms with E-state index in [1.54, 1.807) is 6.92 Å². The van der Waals surface area contributed by atoms with Gasteiger partial charge in [0.05, 0.1) is 12.5 Å². The molecule has 0 aliphatic heterocycles. The molecule has 1 N–H and O–H groups in total. The van der Waals surface area contributed by atoms with Gasteiger partial charge in [0.25, 0.3) is 6.43 Å². The maximum Gasteiger partial charge on any atom is 0.306 e. The Labute approximate surface area is 105 Å². The predicted molar refractivity (Wildman–Crippen MR) is 61.3 cm³/mol. The minimum atomic E-state index is -2.55. The van der Waals surface area contributed by atoms with Crippen LogP contribution in [0.15, 0.2) is 0 Å². The fourth-order valence-corrected chi connectivity index (χ4v) is 2.44. The minimum absolute atomic E-state index is 0.234. The van der Waals surface area contributed by atoms with Gasteiger partial charge in [-0.2, -0.15) is 0 Å². The first-order valence-electron chi connectivity index (χ1n) is 6.25. The maximum atomic E-state index is 12.3. The number of rotatable bonds is 5. The number of hydrogen-bond acceptors (Lipinski definition) is 2. The molecule has 0 bridgehead atoms. The third kappa shape index (κ3) is 3.92. The number of carboxylic acids is 1. The van der Waals surface area contributed by atoms with Crippen molar-refractivity contribution in [1.82, 2.24) is 4.90 Å². The number of amides is 1. The molecule has 0 aromatic rings. The van der Waals surface area contributed by atoms with Crippen LogP contribution in [0.1, 0.15) is 32.6 Å². The second kappa shape index (κ2) is 6.66. The lowest BCUT2D eigenvalue weighted by atomic mass is 9.80. The van der Waals surface area contributed by atoms with Gasteiger partial charge in [0.15, 0.2) is 0 Å². The molecular weight excluding hydrogens is 244 g/mol. The van der Waals surface area contributed by atoms with Crippen LogP contribution < -0.4 is 0 Å². The van der Waals surface area contributed by atoms with Gasteiger partial charge in [0, 0.05) is 12.5 Å². The fourth-order valence-electron chi connectivity index (χ4n) is 2.44. The minimum Gasteiger partial charge on any atom is -0.481 e. The van der Waals surface area contributed by atoms with Gasteiger partial charge >= 0.3 is 5.97 Å². The van der Waals surface area contributed by atoms with Crippen molar-refractivity contribution in [3.05, 3.63) is 0 Å². The highest BCUT2D eigenvalue weighted by Gasteiger charge is 2.33. The maximum absolute atomic E-state index is 12.3. The zero-order chi connectivity index (χ0) is 13.7. The molecule has 0 spiro atoms. The van der Waals surface area contributed by atoms with Crippen molar-refractivity contribution >= 4 is 11.9 Å². The molecule has 6 heteroatoms. The molecule has 2 unspecified atom stereocenters. The summed E-state index contributed by atoms with van der Waals surface area (Å²) >= 11 is 0. The molecule has 0 aromatic carbocycles. The van der Waals surface area contributed by atoms with Gasteiger partial charge in [-0.1, -0.05) is 6.42 Å². The van der Waals surface area contributed by atoms with Crippen molar-refractivity contribution < 1.29 is 23.5 Å². The fraction of sp³-hybridized carbons (Fsp3) is 0.833. The topological polar surface area (TPSA) is 57.6 Å². The van der Waals surface area contributed by atoms with Crippen LogP contribution in [0.4, 0.5) is 8.78 Å². The summed E-state index contributed by atoms with van der Waals surface area (Å²) in [6, 6.07) is 0. The average Bonchev–Trinajstić information content (AvgIpc) is 2.35.